The number of halogens is 2. The van der Waals surface area contributed by atoms with Gasteiger partial charge in [0, 0.05) is 9.77 Å². The maximum atomic E-state index is 13.2. The highest BCUT2D eigenvalue weighted by molar-refractivity contribution is 8.00. The van der Waals surface area contributed by atoms with Gasteiger partial charge in [0.15, 0.2) is 11.6 Å². The predicted molar refractivity (Wildman–Crippen MR) is 95.9 cm³/mol. The van der Waals surface area contributed by atoms with Gasteiger partial charge in [-0.25, -0.2) is 8.78 Å². The lowest BCUT2D eigenvalue weighted by Gasteiger charge is -2.17. The van der Waals surface area contributed by atoms with Crippen LogP contribution in [0.25, 0.3) is 0 Å². The molecule has 3 nitrogen and oxygen atoms in total. The normalized spacial score (nSPS) is 16.2. The Morgan fingerprint density at radius 1 is 1.44 bits per heavy atom. The molecule has 0 fully saturated rings. The third-order valence-corrected chi connectivity index (χ3v) is 6.30. The van der Waals surface area contributed by atoms with Gasteiger partial charge in [0.05, 0.1) is 11.3 Å². The van der Waals surface area contributed by atoms with Crippen molar-refractivity contribution in [3.05, 3.63) is 45.8 Å². The van der Waals surface area contributed by atoms with Gasteiger partial charge in [0.25, 0.3) is 0 Å². The van der Waals surface area contributed by atoms with E-state index in [1.54, 1.807) is 0 Å². The highest BCUT2D eigenvalue weighted by Crippen LogP contribution is 2.39. The van der Waals surface area contributed by atoms with E-state index < -0.39 is 11.6 Å². The lowest BCUT2D eigenvalue weighted by atomic mass is 9.89. The van der Waals surface area contributed by atoms with Crippen molar-refractivity contribution in [2.75, 3.05) is 11.1 Å². The molecule has 1 N–H and O–H groups in total. The molecule has 0 saturated heterocycles. The van der Waals surface area contributed by atoms with Gasteiger partial charge in [-0.05, 0) is 48.9 Å². The fourth-order valence-electron chi connectivity index (χ4n) is 2.84. The van der Waals surface area contributed by atoms with Crippen LogP contribution in [0.15, 0.2) is 23.1 Å². The molecule has 7 heteroatoms. The van der Waals surface area contributed by atoms with Gasteiger partial charge in [0.1, 0.15) is 11.1 Å². The quantitative estimate of drug-likeness (QED) is 0.781. The van der Waals surface area contributed by atoms with Gasteiger partial charge < -0.3 is 5.32 Å². The van der Waals surface area contributed by atoms with Crippen molar-refractivity contribution in [1.29, 1.82) is 5.26 Å². The molecular weight excluding hydrogens is 362 g/mol. The number of fused-ring (bicyclic) bond motifs is 1. The first-order valence-electron chi connectivity index (χ1n) is 7.90. The summed E-state index contributed by atoms with van der Waals surface area (Å²) in [5, 5.41) is 12.8. The van der Waals surface area contributed by atoms with Gasteiger partial charge in [0.2, 0.25) is 5.91 Å². The van der Waals surface area contributed by atoms with E-state index in [9.17, 15) is 18.8 Å². The molecule has 0 spiro atoms. The van der Waals surface area contributed by atoms with Crippen LogP contribution in [0.5, 0.6) is 0 Å². The van der Waals surface area contributed by atoms with Gasteiger partial charge in [-0.2, -0.15) is 5.26 Å². The molecule has 0 bridgehead atoms. The van der Waals surface area contributed by atoms with E-state index >= 15 is 0 Å². The Hall–Kier alpha value is -1.91. The molecule has 0 unspecified atom stereocenters. The molecule has 1 aliphatic carbocycles. The zero-order valence-electron chi connectivity index (χ0n) is 13.6. The molecule has 2 aromatic rings. The van der Waals surface area contributed by atoms with Crippen molar-refractivity contribution < 1.29 is 13.6 Å². The second-order valence-electron chi connectivity index (χ2n) is 6.08. The first kappa shape index (κ1) is 17.9. The third kappa shape index (κ3) is 4.02. The third-order valence-electron chi connectivity index (χ3n) is 4.14. The van der Waals surface area contributed by atoms with Gasteiger partial charge >= 0.3 is 0 Å². The molecular formula is C18H16F2N2OS2. The van der Waals surface area contributed by atoms with E-state index in [0.717, 1.165) is 48.7 Å². The lowest BCUT2D eigenvalue weighted by molar-refractivity contribution is -0.113. The van der Waals surface area contributed by atoms with Crippen LogP contribution in [0.4, 0.5) is 13.8 Å². The summed E-state index contributed by atoms with van der Waals surface area (Å²) in [6.45, 7) is 2.19. The number of carbonyl (C=O) groups is 1. The number of nitriles is 1. The fraction of sp³-hybridized carbons (Fsp3) is 0.333. The average Bonchev–Trinajstić information content (AvgIpc) is 2.91. The zero-order chi connectivity index (χ0) is 18.0. The number of hydrogen-bond donors (Lipinski definition) is 1. The van der Waals surface area contributed by atoms with Crippen molar-refractivity contribution >= 4 is 34.0 Å². The fourth-order valence-corrected chi connectivity index (χ4v) is 4.93. The maximum absolute atomic E-state index is 13.2. The van der Waals surface area contributed by atoms with Gasteiger partial charge in [-0.15, -0.1) is 23.1 Å². The highest BCUT2D eigenvalue weighted by Gasteiger charge is 2.24. The summed E-state index contributed by atoms with van der Waals surface area (Å²) in [7, 11) is 0. The number of amides is 1. The predicted octanol–water partition coefficient (Wildman–Crippen LogP) is 4.75. The Balaban J connectivity index is 1.67. The molecule has 0 aliphatic heterocycles. The van der Waals surface area contributed by atoms with Crippen molar-refractivity contribution in [3.8, 4) is 6.07 Å². The molecule has 25 heavy (non-hydrogen) atoms. The Kier molecular flexibility index (Phi) is 5.40. The van der Waals surface area contributed by atoms with Gasteiger partial charge in [-0.1, -0.05) is 6.92 Å². The lowest BCUT2D eigenvalue weighted by Crippen LogP contribution is -2.14. The molecule has 1 amide bonds. The second kappa shape index (κ2) is 7.54. The van der Waals surface area contributed by atoms with Crippen LogP contribution in [0, 0.1) is 28.9 Å². The zero-order valence-corrected chi connectivity index (χ0v) is 15.2. The monoisotopic (exact) mass is 378 g/mol. The van der Waals surface area contributed by atoms with Crippen LogP contribution in [0.1, 0.15) is 29.3 Å². The Labute approximate surface area is 153 Å². The minimum absolute atomic E-state index is 0.0644. The van der Waals surface area contributed by atoms with Crippen molar-refractivity contribution in [2.45, 2.75) is 31.1 Å². The Morgan fingerprint density at radius 2 is 2.24 bits per heavy atom. The SMILES string of the molecule is C[C@@H]1CCc2c(sc(NC(=O)CSc3ccc(F)c(F)c3)c2C#N)C1. The topological polar surface area (TPSA) is 52.9 Å². The van der Waals surface area contributed by atoms with Crippen LogP contribution >= 0.6 is 23.1 Å². The van der Waals surface area contributed by atoms with E-state index in [0.29, 0.717) is 21.4 Å². The minimum atomic E-state index is -0.933. The largest absolute Gasteiger partial charge is 0.316 e. The first-order chi connectivity index (χ1) is 12.0. The maximum Gasteiger partial charge on any atom is 0.235 e. The van der Waals surface area contributed by atoms with Crippen LogP contribution in [-0.4, -0.2) is 11.7 Å². The standard InChI is InChI=1S/C18H16F2N2OS2/c1-10-2-4-12-13(8-21)18(25-16(12)6-10)22-17(23)9-24-11-3-5-14(19)15(20)7-11/h3,5,7,10H,2,4,6,9H2,1H3,(H,22,23)/t10-/m1/s1. The van der Waals surface area contributed by atoms with E-state index in [1.807, 2.05) is 0 Å². The summed E-state index contributed by atoms with van der Waals surface area (Å²) in [4.78, 5) is 13.8. The number of nitrogens with zero attached hydrogens (tertiary/aromatic N) is 1. The second-order valence-corrected chi connectivity index (χ2v) is 8.23. The molecule has 130 valence electrons. The minimum Gasteiger partial charge on any atom is -0.316 e. The van der Waals surface area contributed by atoms with Crippen molar-refractivity contribution in [2.24, 2.45) is 5.92 Å². The van der Waals surface area contributed by atoms with Crippen molar-refractivity contribution in [3.63, 3.8) is 0 Å². The highest BCUT2D eigenvalue weighted by atomic mass is 32.2. The number of hydrogen-bond acceptors (Lipinski definition) is 4. The summed E-state index contributed by atoms with van der Waals surface area (Å²) in [6.07, 6.45) is 2.86. The van der Waals surface area contributed by atoms with E-state index in [2.05, 4.69) is 18.3 Å². The molecule has 3 rings (SSSR count). The molecule has 0 saturated carbocycles. The number of thioether (sulfide) groups is 1. The number of carbonyl (C=O) groups excluding carboxylic acids is 1. The average molecular weight is 378 g/mol. The summed E-state index contributed by atoms with van der Waals surface area (Å²) in [5.74, 6) is -1.46. The number of anilines is 1. The molecule has 1 heterocycles. The van der Waals surface area contributed by atoms with E-state index in [-0.39, 0.29) is 11.7 Å². The first-order valence-corrected chi connectivity index (χ1v) is 9.70. The summed E-state index contributed by atoms with van der Waals surface area (Å²) < 4.78 is 26.1. The smallest absolute Gasteiger partial charge is 0.235 e. The van der Waals surface area contributed by atoms with Gasteiger partial charge in [-0.3, -0.25) is 4.79 Å². The van der Waals surface area contributed by atoms with E-state index in [1.165, 1.54) is 22.3 Å². The Morgan fingerprint density at radius 3 is 2.96 bits per heavy atom. The molecule has 1 aromatic heterocycles. The summed E-state index contributed by atoms with van der Waals surface area (Å²) in [6, 6.07) is 5.75. The van der Waals surface area contributed by atoms with Crippen LogP contribution < -0.4 is 5.32 Å². The molecule has 1 aromatic carbocycles. The van der Waals surface area contributed by atoms with Crippen molar-refractivity contribution in [1.82, 2.24) is 0 Å². The Bertz CT molecular complexity index is 857. The molecule has 1 atom stereocenters. The van der Waals surface area contributed by atoms with E-state index in [4.69, 9.17) is 0 Å². The molecule has 0 radical (unpaired) electrons. The summed E-state index contributed by atoms with van der Waals surface area (Å²) in [5.41, 5.74) is 1.63. The molecule has 1 aliphatic rings. The van der Waals surface area contributed by atoms with Crippen LogP contribution in [0.3, 0.4) is 0 Å². The summed E-state index contributed by atoms with van der Waals surface area (Å²) >= 11 is 2.59. The number of rotatable bonds is 4. The van der Waals surface area contributed by atoms with Crippen LogP contribution in [-0.2, 0) is 17.6 Å². The number of nitrogens with one attached hydrogen (secondary N) is 1. The number of benzene rings is 1. The number of thiophene rings is 1. The van der Waals surface area contributed by atoms with Crippen LogP contribution in [0.2, 0.25) is 0 Å².